The van der Waals surface area contributed by atoms with Crippen LogP contribution in [0.1, 0.15) is 18.5 Å². The van der Waals surface area contributed by atoms with E-state index in [1.54, 1.807) is 6.07 Å². The predicted molar refractivity (Wildman–Crippen MR) is 67.1 cm³/mol. The van der Waals surface area contributed by atoms with E-state index >= 15 is 0 Å². The molecule has 0 spiro atoms. The van der Waals surface area contributed by atoms with Crippen molar-refractivity contribution in [3.8, 4) is 5.75 Å². The summed E-state index contributed by atoms with van der Waals surface area (Å²) >= 11 is 0. The van der Waals surface area contributed by atoms with E-state index in [4.69, 9.17) is 10.5 Å². The topological polar surface area (TPSA) is 93.4 Å². The molecule has 6 nitrogen and oxygen atoms in total. The molecule has 0 radical (unpaired) electrons. The highest BCUT2D eigenvalue weighted by Crippen LogP contribution is 2.24. The Hall–Kier alpha value is -2.08. The van der Waals surface area contributed by atoms with Gasteiger partial charge in [0.25, 0.3) is 5.91 Å². The molecule has 0 saturated carbocycles. The van der Waals surface area contributed by atoms with Crippen LogP contribution in [0.15, 0.2) is 24.3 Å². The van der Waals surface area contributed by atoms with Gasteiger partial charge in [0.05, 0.1) is 0 Å². The molecule has 0 aromatic heterocycles. The van der Waals surface area contributed by atoms with Crippen molar-refractivity contribution in [1.29, 1.82) is 0 Å². The van der Waals surface area contributed by atoms with Crippen molar-refractivity contribution in [2.45, 2.75) is 13.0 Å². The quantitative estimate of drug-likeness (QED) is 0.712. The van der Waals surface area contributed by atoms with Crippen LogP contribution in [-0.4, -0.2) is 25.6 Å². The van der Waals surface area contributed by atoms with Gasteiger partial charge in [0, 0.05) is 11.6 Å². The van der Waals surface area contributed by atoms with Gasteiger partial charge in [-0.2, -0.15) is 0 Å². The van der Waals surface area contributed by atoms with Crippen molar-refractivity contribution in [3.63, 3.8) is 0 Å². The maximum absolute atomic E-state index is 11.2. The SMILES string of the molecule is CNC(C)c1ccccc1OCC(=O)NC(N)=O. The first kappa shape index (κ1) is 14.0. The van der Waals surface area contributed by atoms with Gasteiger partial charge < -0.3 is 15.8 Å². The smallest absolute Gasteiger partial charge is 0.318 e. The van der Waals surface area contributed by atoms with Crippen LogP contribution < -0.4 is 21.1 Å². The Kier molecular flexibility index (Phi) is 5.13. The summed E-state index contributed by atoms with van der Waals surface area (Å²) in [6, 6.07) is 6.58. The number of para-hydroxylation sites is 1. The highest BCUT2D eigenvalue weighted by molar-refractivity contribution is 5.94. The first-order chi connectivity index (χ1) is 8.54. The summed E-state index contributed by atoms with van der Waals surface area (Å²) in [5.74, 6) is 0.0217. The average Bonchev–Trinajstić information content (AvgIpc) is 2.35. The van der Waals surface area contributed by atoms with Crippen molar-refractivity contribution in [2.75, 3.05) is 13.7 Å². The Morgan fingerprint density at radius 3 is 2.67 bits per heavy atom. The fourth-order valence-electron chi connectivity index (χ4n) is 1.44. The van der Waals surface area contributed by atoms with Crippen LogP contribution in [0, 0.1) is 0 Å². The number of nitrogens with one attached hydrogen (secondary N) is 2. The van der Waals surface area contributed by atoms with Gasteiger partial charge in [0.1, 0.15) is 5.75 Å². The third-order valence-electron chi connectivity index (χ3n) is 2.44. The van der Waals surface area contributed by atoms with Crippen LogP contribution in [0.3, 0.4) is 0 Å². The van der Waals surface area contributed by atoms with Crippen molar-refractivity contribution < 1.29 is 14.3 Å². The third kappa shape index (κ3) is 4.06. The minimum absolute atomic E-state index is 0.0976. The molecule has 0 aliphatic heterocycles. The molecule has 18 heavy (non-hydrogen) atoms. The van der Waals surface area contributed by atoms with Gasteiger partial charge in [-0.15, -0.1) is 0 Å². The summed E-state index contributed by atoms with van der Waals surface area (Å²) in [6.07, 6.45) is 0. The molecule has 1 unspecified atom stereocenters. The molecule has 0 bridgehead atoms. The van der Waals surface area contributed by atoms with Gasteiger partial charge in [-0.1, -0.05) is 18.2 Å². The molecule has 0 aliphatic rings. The number of urea groups is 1. The Balaban J connectivity index is 2.67. The number of hydrogen-bond acceptors (Lipinski definition) is 4. The van der Waals surface area contributed by atoms with E-state index < -0.39 is 11.9 Å². The van der Waals surface area contributed by atoms with Gasteiger partial charge in [-0.3, -0.25) is 10.1 Å². The predicted octanol–water partition coefficient (Wildman–Crippen LogP) is 0.541. The van der Waals surface area contributed by atoms with E-state index in [0.717, 1.165) is 5.56 Å². The maximum atomic E-state index is 11.2. The summed E-state index contributed by atoms with van der Waals surface area (Å²) in [4.78, 5) is 21.7. The zero-order valence-corrected chi connectivity index (χ0v) is 10.4. The number of hydrogen-bond donors (Lipinski definition) is 3. The third-order valence-corrected chi connectivity index (χ3v) is 2.44. The number of nitrogens with two attached hydrogens (primary N) is 1. The van der Waals surface area contributed by atoms with Crippen molar-refractivity contribution in [3.05, 3.63) is 29.8 Å². The summed E-state index contributed by atoms with van der Waals surface area (Å²) < 4.78 is 5.36. The van der Waals surface area contributed by atoms with Crippen LogP contribution in [0.5, 0.6) is 5.75 Å². The first-order valence-electron chi connectivity index (χ1n) is 5.53. The number of benzene rings is 1. The van der Waals surface area contributed by atoms with Crippen molar-refractivity contribution in [1.82, 2.24) is 10.6 Å². The molecule has 0 aliphatic carbocycles. The van der Waals surface area contributed by atoms with Gasteiger partial charge in [-0.25, -0.2) is 4.79 Å². The van der Waals surface area contributed by atoms with Crippen molar-refractivity contribution in [2.24, 2.45) is 5.73 Å². The van der Waals surface area contributed by atoms with Crippen LogP contribution in [0.4, 0.5) is 4.79 Å². The lowest BCUT2D eigenvalue weighted by atomic mass is 10.1. The molecule has 1 rings (SSSR count). The van der Waals surface area contributed by atoms with Gasteiger partial charge in [0.15, 0.2) is 6.61 Å². The van der Waals surface area contributed by atoms with E-state index in [0.29, 0.717) is 5.75 Å². The summed E-state index contributed by atoms with van der Waals surface area (Å²) in [5, 5.41) is 5.02. The highest BCUT2D eigenvalue weighted by Gasteiger charge is 2.11. The Morgan fingerprint density at radius 1 is 1.39 bits per heavy atom. The fraction of sp³-hybridized carbons (Fsp3) is 0.333. The zero-order chi connectivity index (χ0) is 13.5. The number of amides is 3. The van der Waals surface area contributed by atoms with Gasteiger partial charge >= 0.3 is 6.03 Å². The molecular weight excluding hydrogens is 234 g/mol. The number of rotatable bonds is 5. The van der Waals surface area contributed by atoms with Crippen LogP contribution >= 0.6 is 0 Å². The number of primary amides is 1. The lowest BCUT2D eigenvalue weighted by Crippen LogP contribution is -2.38. The Bertz CT molecular complexity index is 434. The summed E-state index contributed by atoms with van der Waals surface area (Å²) in [6.45, 7) is 1.72. The standard InChI is InChI=1S/C12H17N3O3/c1-8(14-2)9-5-3-4-6-10(9)18-7-11(16)15-12(13)17/h3-6,8,14H,7H2,1-2H3,(H3,13,15,16,17). The van der Waals surface area contributed by atoms with E-state index in [-0.39, 0.29) is 12.6 Å². The van der Waals surface area contributed by atoms with E-state index in [2.05, 4.69) is 5.32 Å². The molecule has 4 N–H and O–H groups in total. The highest BCUT2D eigenvalue weighted by atomic mass is 16.5. The second-order valence-electron chi connectivity index (χ2n) is 3.75. The average molecular weight is 251 g/mol. The van der Waals surface area contributed by atoms with Gasteiger partial charge in [0.2, 0.25) is 0 Å². The van der Waals surface area contributed by atoms with Crippen LogP contribution in [0.2, 0.25) is 0 Å². The molecule has 6 heteroatoms. The van der Waals surface area contributed by atoms with E-state index in [1.807, 2.05) is 37.5 Å². The molecule has 98 valence electrons. The molecular formula is C12H17N3O3. The Morgan fingerprint density at radius 2 is 2.06 bits per heavy atom. The fourth-order valence-corrected chi connectivity index (χ4v) is 1.44. The number of carbonyl (C=O) groups is 2. The maximum Gasteiger partial charge on any atom is 0.318 e. The van der Waals surface area contributed by atoms with Crippen LogP contribution in [-0.2, 0) is 4.79 Å². The molecule has 1 atom stereocenters. The molecule has 0 saturated heterocycles. The number of ether oxygens (including phenoxy) is 1. The molecule has 0 fully saturated rings. The molecule has 1 aromatic carbocycles. The van der Waals surface area contributed by atoms with Gasteiger partial charge in [-0.05, 0) is 20.0 Å². The second-order valence-corrected chi connectivity index (χ2v) is 3.75. The van der Waals surface area contributed by atoms with E-state index in [1.165, 1.54) is 0 Å². The van der Waals surface area contributed by atoms with Crippen molar-refractivity contribution >= 4 is 11.9 Å². The molecule has 1 aromatic rings. The zero-order valence-electron chi connectivity index (χ0n) is 10.4. The van der Waals surface area contributed by atoms with Crippen LogP contribution in [0.25, 0.3) is 0 Å². The normalized spacial score (nSPS) is 11.7. The minimum Gasteiger partial charge on any atom is -0.483 e. The second kappa shape index (κ2) is 6.61. The summed E-state index contributed by atoms with van der Waals surface area (Å²) in [5.41, 5.74) is 5.76. The van der Waals surface area contributed by atoms with E-state index in [9.17, 15) is 9.59 Å². The monoisotopic (exact) mass is 251 g/mol. The first-order valence-corrected chi connectivity index (χ1v) is 5.53. The molecule has 0 heterocycles. The minimum atomic E-state index is -0.888. The number of carbonyl (C=O) groups excluding carboxylic acids is 2. The Labute approximate surface area is 105 Å². The largest absolute Gasteiger partial charge is 0.483 e. The lowest BCUT2D eigenvalue weighted by Gasteiger charge is -2.15. The number of imide groups is 1. The molecule has 3 amide bonds. The lowest BCUT2D eigenvalue weighted by molar-refractivity contribution is -0.121. The summed E-state index contributed by atoms with van der Waals surface area (Å²) in [7, 11) is 1.83.